The van der Waals surface area contributed by atoms with E-state index in [4.69, 9.17) is 5.11 Å². The van der Waals surface area contributed by atoms with Gasteiger partial charge in [-0.15, -0.1) is 5.10 Å². The van der Waals surface area contributed by atoms with Crippen LogP contribution in [0.25, 0.3) is 5.78 Å². The van der Waals surface area contributed by atoms with Crippen LogP contribution in [0.1, 0.15) is 35.6 Å². The number of halogens is 3. The number of nitrogens with one attached hydrogen (secondary N) is 1. The first kappa shape index (κ1) is 18.6. The van der Waals surface area contributed by atoms with Crippen molar-refractivity contribution in [1.29, 1.82) is 0 Å². The second kappa shape index (κ2) is 7.03. The summed E-state index contributed by atoms with van der Waals surface area (Å²) >= 11 is 0. The summed E-state index contributed by atoms with van der Waals surface area (Å²) in [4.78, 5) is 29.5. The van der Waals surface area contributed by atoms with E-state index in [2.05, 4.69) is 20.4 Å². The van der Waals surface area contributed by atoms with Gasteiger partial charge in [0, 0.05) is 24.4 Å². The number of carboxylic acid groups (broad SMARTS) is 1. The molecule has 0 bridgehead atoms. The number of carbonyl (C=O) groups excluding carboxylic acids is 1. The van der Waals surface area contributed by atoms with Crippen LogP contribution in [0.5, 0.6) is 0 Å². The zero-order chi connectivity index (χ0) is 18.8. The van der Waals surface area contributed by atoms with Gasteiger partial charge in [0.05, 0.1) is 6.42 Å². The number of aromatic nitrogens is 4. The van der Waals surface area contributed by atoms with Gasteiger partial charge in [0.2, 0.25) is 5.91 Å². The Morgan fingerprint density at radius 1 is 1.20 bits per heavy atom. The Hall–Kier alpha value is -2.72. The molecule has 0 unspecified atom stereocenters. The average molecular weight is 359 g/mol. The minimum Gasteiger partial charge on any atom is -0.481 e. The van der Waals surface area contributed by atoms with E-state index in [1.807, 2.05) is 0 Å². The SMILES string of the molecule is Cc1nc2nc(C(F)(F)F)nn2c(C)c1CCC(=O)NCCC(=O)O. The molecule has 2 aromatic rings. The summed E-state index contributed by atoms with van der Waals surface area (Å²) in [6.45, 7) is 3.21. The van der Waals surface area contributed by atoms with E-state index in [0.717, 1.165) is 4.52 Å². The lowest BCUT2D eigenvalue weighted by atomic mass is 10.1. The number of hydrogen-bond acceptors (Lipinski definition) is 5. The molecular formula is C14H16F3N5O3. The van der Waals surface area contributed by atoms with Crippen molar-refractivity contribution in [2.45, 2.75) is 39.3 Å². The van der Waals surface area contributed by atoms with E-state index < -0.39 is 18.0 Å². The van der Waals surface area contributed by atoms with Gasteiger partial charge in [0.15, 0.2) is 0 Å². The molecule has 0 spiro atoms. The van der Waals surface area contributed by atoms with Crippen molar-refractivity contribution >= 4 is 17.7 Å². The molecule has 0 aliphatic heterocycles. The fourth-order valence-electron chi connectivity index (χ4n) is 2.33. The molecule has 8 nitrogen and oxygen atoms in total. The number of fused-ring (bicyclic) bond motifs is 1. The van der Waals surface area contributed by atoms with E-state index in [-0.39, 0.29) is 37.5 Å². The number of hydrogen-bond donors (Lipinski definition) is 2. The molecule has 0 aliphatic rings. The van der Waals surface area contributed by atoms with E-state index in [1.165, 1.54) is 0 Å². The highest BCUT2D eigenvalue weighted by atomic mass is 19.4. The molecule has 0 fully saturated rings. The molecule has 136 valence electrons. The standard InChI is InChI=1S/C14H16F3N5O3/c1-7-9(3-4-10(23)18-6-5-11(24)25)8(2)22-13(19-7)20-12(21-22)14(15,16)17/h3-6H2,1-2H3,(H,18,23)(H,24,25). The smallest absolute Gasteiger partial charge is 0.453 e. The first-order chi connectivity index (χ1) is 11.6. The van der Waals surface area contributed by atoms with Gasteiger partial charge >= 0.3 is 12.1 Å². The average Bonchev–Trinajstić information content (AvgIpc) is 2.90. The molecule has 0 saturated carbocycles. The third-order valence-corrected chi connectivity index (χ3v) is 3.57. The van der Waals surface area contributed by atoms with Crippen LogP contribution in [-0.4, -0.2) is 43.1 Å². The number of aryl methyl sites for hydroxylation is 2. The van der Waals surface area contributed by atoms with Crippen LogP contribution in [0.4, 0.5) is 13.2 Å². The third kappa shape index (κ3) is 4.43. The summed E-state index contributed by atoms with van der Waals surface area (Å²) in [5, 5.41) is 14.4. The summed E-state index contributed by atoms with van der Waals surface area (Å²) in [5.74, 6) is -2.80. The minimum absolute atomic E-state index is 0.0153. The summed E-state index contributed by atoms with van der Waals surface area (Å²) in [5.41, 5.74) is 1.48. The lowest BCUT2D eigenvalue weighted by Gasteiger charge is -2.10. The molecule has 0 saturated heterocycles. The van der Waals surface area contributed by atoms with E-state index in [0.29, 0.717) is 17.0 Å². The predicted octanol–water partition coefficient (Wildman–Crippen LogP) is 1.28. The van der Waals surface area contributed by atoms with Crippen molar-refractivity contribution in [3.05, 3.63) is 22.8 Å². The Kier molecular flexibility index (Phi) is 5.24. The number of aliphatic carboxylic acids is 1. The molecule has 1 amide bonds. The van der Waals surface area contributed by atoms with E-state index in [9.17, 15) is 22.8 Å². The van der Waals surface area contributed by atoms with Crippen molar-refractivity contribution in [2.75, 3.05) is 6.54 Å². The number of nitrogens with zero attached hydrogens (tertiary/aromatic N) is 4. The molecule has 0 aromatic carbocycles. The molecule has 2 N–H and O–H groups in total. The van der Waals surface area contributed by atoms with Gasteiger partial charge in [-0.25, -0.2) is 9.50 Å². The zero-order valence-corrected chi connectivity index (χ0v) is 13.5. The highest BCUT2D eigenvalue weighted by Crippen LogP contribution is 2.27. The lowest BCUT2D eigenvalue weighted by Crippen LogP contribution is -2.26. The molecule has 0 aliphatic carbocycles. The molecular weight excluding hydrogens is 343 g/mol. The van der Waals surface area contributed by atoms with Gasteiger partial charge in [0.1, 0.15) is 0 Å². The Morgan fingerprint density at radius 2 is 1.88 bits per heavy atom. The minimum atomic E-state index is -4.67. The Bertz CT molecular complexity index is 816. The molecule has 0 radical (unpaired) electrons. The highest BCUT2D eigenvalue weighted by molar-refractivity contribution is 5.77. The van der Waals surface area contributed by atoms with Crippen molar-refractivity contribution < 1.29 is 27.9 Å². The van der Waals surface area contributed by atoms with Gasteiger partial charge in [-0.1, -0.05) is 0 Å². The van der Waals surface area contributed by atoms with Crippen LogP contribution in [0, 0.1) is 13.8 Å². The number of amides is 1. The van der Waals surface area contributed by atoms with E-state index in [1.54, 1.807) is 13.8 Å². The predicted molar refractivity (Wildman–Crippen MR) is 78.8 cm³/mol. The van der Waals surface area contributed by atoms with Gasteiger partial charge in [-0.2, -0.15) is 18.2 Å². The second-order valence-corrected chi connectivity index (χ2v) is 5.40. The van der Waals surface area contributed by atoms with Crippen LogP contribution in [-0.2, 0) is 22.2 Å². The lowest BCUT2D eigenvalue weighted by molar-refractivity contribution is -0.144. The van der Waals surface area contributed by atoms with Crippen molar-refractivity contribution in [1.82, 2.24) is 24.9 Å². The highest BCUT2D eigenvalue weighted by Gasteiger charge is 2.36. The molecule has 2 rings (SSSR count). The van der Waals surface area contributed by atoms with Gasteiger partial charge in [-0.05, 0) is 25.8 Å². The van der Waals surface area contributed by atoms with Crippen LogP contribution in [0.2, 0.25) is 0 Å². The second-order valence-electron chi connectivity index (χ2n) is 5.40. The van der Waals surface area contributed by atoms with Crippen LogP contribution in [0.15, 0.2) is 0 Å². The summed E-state index contributed by atoms with van der Waals surface area (Å²) < 4.78 is 39.2. The van der Waals surface area contributed by atoms with Crippen molar-refractivity contribution in [2.24, 2.45) is 0 Å². The van der Waals surface area contributed by atoms with Gasteiger partial charge in [-0.3, -0.25) is 9.59 Å². The molecule has 25 heavy (non-hydrogen) atoms. The van der Waals surface area contributed by atoms with Crippen LogP contribution in [0.3, 0.4) is 0 Å². The molecule has 2 aromatic heterocycles. The molecule has 11 heteroatoms. The van der Waals surface area contributed by atoms with Crippen LogP contribution >= 0.6 is 0 Å². The Balaban J connectivity index is 2.15. The number of alkyl halides is 3. The van der Waals surface area contributed by atoms with Crippen molar-refractivity contribution in [3.8, 4) is 0 Å². The quantitative estimate of drug-likeness (QED) is 0.804. The first-order valence-electron chi connectivity index (χ1n) is 7.38. The molecule has 0 atom stereocenters. The summed E-state index contributed by atoms with van der Waals surface area (Å²) in [6, 6.07) is 0. The topological polar surface area (TPSA) is 109 Å². The maximum atomic E-state index is 12.7. The largest absolute Gasteiger partial charge is 0.481 e. The number of rotatable bonds is 6. The maximum Gasteiger partial charge on any atom is 0.453 e. The third-order valence-electron chi connectivity index (χ3n) is 3.57. The summed E-state index contributed by atoms with van der Waals surface area (Å²) in [6.07, 6.45) is -4.56. The Morgan fingerprint density at radius 3 is 2.48 bits per heavy atom. The van der Waals surface area contributed by atoms with Crippen molar-refractivity contribution in [3.63, 3.8) is 0 Å². The normalized spacial score (nSPS) is 11.7. The fraction of sp³-hybridized carbons (Fsp3) is 0.500. The maximum absolute atomic E-state index is 12.7. The van der Waals surface area contributed by atoms with Gasteiger partial charge in [0.25, 0.3) is 11.6 Å². The Labute approximate surface area is 140 Å². The molecule has 2 heterocycles. The fourth-order valence-corrected chi connectivity index (χ4v) is 2.33. The monoisotopic (exact) mass is 359 g/mol. The van der Waals surface area contributed by atoms with Gasteiger partial charge < -0.3 is 10.4 Å². The van der Waals surface area contributed by atoms with Crippen LogP contribution < -0.4 is 5.32 Å². The first-order valence-corrected chi connectivity index (χ1v) is 7.38. The number of carboxylic acids is 1. The summed E-state index contributed by atoms with van der Waals surface area (Å²) in [7, 11) is 0. The van der Waals surface area contributed by atoms with E-state index >= 15 is 0 Å². The number of carbonyl (C=O) groups is 2. The zero-order valence-electron chi connectivity index (χ0n) is 13.5.